The molecule has 0 spiro atoms. The maximum atomic E-state index is 13.0. The van der Waals surface area contributed by atoms with E-state index in [-0.39, 0.29) is 11.9 Å². The minimum Gasteiger partial charge on any atom is -0.373 e. The van der Waals surface area contributed by atoms with Crippen LogP contribution in [-0.2, 0) is 6.42 Å². The van der Waals surface area contributed by atoms with Crippen LogP contribution >= 0.6 is 0 Å². The average Bonchev–Trinajstić information content (AvgIpc) is 2.72. The number of anilines is 1. The number of likely N-dealkylation sites (N-methyl/N-ethyl adjacent to an activating group) is 1. The van der Waals surface area contributed by atoms with Gasteiger partial charge in [-0.1, -0.05) is 12.1 Å². The molecule has 0 aliphatic heterocycles. The standard InChI is InChI=1S/C22H25N5O/c1-15-8-10-24-19(12-15)13-16(2)27(4)22(28)18-7-5-6-17(14-18)21-25-11-9-20(23-3)26-21/h5-12,14,16H,13H2,1-4H3,(H,23,25,26). The molecule has 6 nitrogen and oxygen atoms in total. The largest absolute Gasteiger partial charge is 0.373 e. The van der Waals surface area contributed by atoms with Crippen molar-refractivity contribution in [3.63, 3.8) is 0 Å². The molecular formula is C22H25N5O. The first kappa shape index (κ1) is 19.5. The topological polar surface area (TPSA) is 71.0 Å². The summed E-state index contributed by atoms with van der Waals surface area (Å²) in [5.41, 5.74) is 3.58. The normalized spacial score (nSPS) is 11.7. The van der Waals surface area contributed by atoms with Crippen LogP contribution in [0.25, 0.3) is 11.4 Å². The highest BCUT2D eigenvalue weighted by atomic mass is 16.2. The van der Waals surface area contributed by atoms with Crippen LogP contribution in [0.3, 0.4) is 0 Å². The minimum atomic E-state index is -0.0354. The highest BCUT2D eigenvalue weighted by Gasteiger charge is 2.19. The molecule has 6 heteroatoms. The second-order valence-electron chi connectivity index (χ2n) is 6.89. The summed E-state index contributed by atoms with van der Waals surface area (Å²) in [7, 11) is 3.64. The SMILES string of the molecule is CNc1ccnc(-c2cccc(C(=O)N(C)C(C)Cc3cc(C)ccn3)c2)n1. The summed E-state index contributed by atoms with van der Waals surface area (Å²) < 4.78 is 0. The van der Waals surface area contributed by atoms with Gasteiger partial charge in [0, 0.05) is 55.8 Å². The van der Waals surface area contributed by atoms with E-state index in [0.717, 1.165) is 17.1 Å². The number of aryl methyl sites for hydroxylation is 1. The molecule has 0 saturated heterocycles. The molecule has 1 atom stereocenters. The van der Waals surface area contributed by atoms with Crippen LogP contribution in [0.4, 0.5) is 5.82 Å². The molecule has 0 fully saturated rings. The van der Waals surface area contributed by atoms with Crippen LogP contribution in [0, 0.1) is 6.92 Å². The van der Waals surface area contributed by atoms with E-state index in [1.807, 2.05) is 64.5 Å². The van der Waals surface area contributed by atoms with Gasteiger partial charge in [-0.25, -0.2) is 9.97 Å². The predicted octanol–water partition coefficient (Wildman–Crippen LogP) is 3.59. The Hall–Kier alpha value is -3.28. The lowest BCUT2D eigenvalue weighted by molar-refractivity contribution is 0.0743. The number of nitrogens with one attached hydrogen (secondary N) is 1. The number of hydrogen-bond acceptors (Lipinski definition) is 5. The second-order valence-corrected chi connectivity index (χ2v) is 6.89. The zero-order valence-corrected chi connectivity index (χ0v) is 16.7. The lowest BCUT2D eigenvalue weighted by Crippen LogP contribution is -2.36. The highest BCUT2D eigenvalue weighted by molar-refractivity contribution is 5.95. The van der Waals surface area contributed by atoms with Crippen LogP contribution in [-0.4, -0.2) is 45.9 Å². The maximum Gasteiger partial charge on any atom is 0.253 e. The van der Waals surface area contributed by atoms with Gasteiger partial charge in [-0.15, -0.1) is 0 Å². The van der Waals surface area contributed by atoms with E-state index in [1.165, 1.54) is 5.56 Å². The average molecular weight is 375 g/mol. The lowest BCUT2D eigenvalue weighted by atomic mass is 10.1. The van der Waals surface area contributed by atoms with Crippen molar-refractivity contribution in [2.45, 2.75) is 26.3 Å². The van der Waals surface area contributed by atoms with E-state index in [4.69, 9.17) is 0 Å². The number of aromatic nitrogens is 3. The molecule has 2 aromatic heterocycles. The zero-order valence-electron chi connectivity index (χ0n) is 16.7. The maximum absolute atomic E-state index is 13.0. The minimum absolute atomic E-state index is 0.0225. The molecule has 0 aliphatic carbocycles. The van der Waals surface area contributed by atoms with E-state index in [2.05, 4.69) is 26.3 Å². The van der Waals surface area contributed by atoms with Crippen LogP contribution in [0.15, 0.2) is 54.9 Å². The Balaban J connectivity index is 1.77. The van der Waals surface area contributed by atoms with Crippen molar-refractivity contribution in [3.05, 3.63) is 71.7 Å². The van der Waals surface area contributed by atoms with Gasteiger partial charge in [-0.3, -0.25) is 9.78 Å². The zero-order chi connectivity index (χ0) is 20.1. The lowest BCUT2D eigenvalue weighted by Gasteiger charge is -2.25. The van der Waals surface area contributed by atoms with Crippen molar-refractivity contribution in [2.24, 2.45) is 0 Å². The summed E-state index contributed by atoms with van der Waals surface area (Å²) in [4.78, 5) is 27.9. The Morgan fingerprint density at radius 1 is 1.14 bits per heavy atom. The number of pyridine rings is 1. The molecule has 3 rings (SSSR count). The molecule has 0 aliphatic rings. The summed E-state index contributed by atoms with van der Waals surface area (Å²) in [5, 5.41) is 3.00. The van der Waals surface area contributed by atoms with E-state index < -0.39 is 0 Å². The Labute approximate surface area is 165 Å². The summed E-state index contributed by atoms with van der Waals surface area (Å²) in [6.45, 7) is 4.08. The first-order valence-corrected chi connectivity index (χ1v) is 9.28. The first-order chi connectivity index (χ1) is 13.5. The summed E-state index contributed by atoms with van der Waals surface area (Å²) in [5.74, 6) is 1.28. The first-order valence-electron chi connectivity index (χ1n) is 9.28. The number of carbonyl (C=O) groups is 1. The monoisotopic (exact) mass is 375 g/mol. The van der Waals surface area contributed by atoms with Gasteiger partial charge in [0.25, 0.3) is 5.91 Å². The molecule has 1 aromatic carbocycles. The Kier molecular flexibility index (Phi) is 5.99. The van der Waals surface area contributed by atoms with Gasteiger partial charge in [0.1, 0.15) is 5.82 Å². The third kappa shape index (κ3) is 4.52. The molecule has 3 aromatic rings. The fourth-order valence-electron chi connectivity index (χ4n) is 2.98. The number of amides is 1. The van der Waals surface area contributed by atoms with Crippen LogP contribution in [0.5, 0.6) is 0 Å². The van der Waals surface area contributed by atoms with Crippen LogP contribution in [0.1, 0.15) is 28.5 Å². The molecule has 28 heavy (non-hydrogen) atoms. The van der Waals surface area contributed by atoms with Crippen molar-refractivity contribution in [1.29, 1.82) is 0 Å². The van der Waals surface area contributed by atoms with Crippen LogP contribution in [0.2, 0.25) is 0 Å². The van der Waals surface area contributed by atoms with Gasteiger partial charge in [0.05, 0.1) is 0 Å². The fourth-order valence-corrected chi connectivity index (χ4v) is 2.98. The van der Waals surface area contributed by atoms with Crippen molar-refractivity contribution in [1.82, 2.24) is 19.9 Å². The van der Waals surface area contributed by atoms with Crippen molar-refractivity contribution < 1.29 is 4.79 Å². The van der Waals surface area contributed by atoms with E-state index >= 15 is 0 Å². The number of hydrogen-bond donors (Lipinski definition) is 1. The van der Waals surface area contributed by atoms with Crippen molar-refractivity contribution in [3.8, 4) is 11.4 Å². The van der Waals surface area contributed by atoms with Crippen molar-refractivity contribution in [2.75, 3.05) is 19.4 Å². The van der Waals surface area contributed by atoms with E-state index in [0.29, 0.717) is 17.8 Å². The number of carbonyl (C=O) groups excluding carboxylic acids is 1. The summed E-state index contributed by atoms with van der Waals surface area (Å²) in [6.07, 6.45) is 4.21. The molecular weight excluding hydrogens is 350 g/mol. The van der Waals surface area contributed by atoms with Gasteiger partial charge in [-0.05, 0) is 49.7 Å². The van der Waals surface area contributed by atoms with Crippen LogP contribution < -0.4 is 5.32 Å². The summed E-state index contributed by atoms with van der Waals surface area (Å²) in [6, 6.07) is 13.3. The Morgan fingerprint density at radius 2 is 1.93 bits per heavy atom. The van der Waals surface area contributed by atoms with Gasteiger partial charge >= 0.3 is 0 Å². The molecule has 1 unspecified atom stereocenters. The Morgan fingerprint density at radius 3 is 2.68 bits per heavy atom. The molecule has 0 bridgehead atoms. The molecule has 2 heterocycles. The smallest absolute Gasteiger partial charge is 0.253 e. The second kappa shape index (κ2) is 8.61. The molecule has 1 N–H and O–H groups in total. The molecule has 1 amide bonds. The predicted molar refractivity (Wildman–Crippen MR) is 111 cm³/mol. The molecule has 144 valence electrons. The number of nitrogens with zero attached hydrogens (tertiary/aromatic N) is 4. The summed E-state index contributed by atoms with van der Waals surface area (Å²) >= 11 is 0. The highest BCUT2D eigenvalue weighted by Crippen LogP contribution is 2.19. The third-order valence-corrected chi connectivity index (χ3v) is 4.74. The van der Waals surface area contributed by atoms with Gasteiger partial charge in [0.2, 0.25) is 0 Å². The Bertz CT molecular complexity index is 972. The van der Waals surface area contributed by atoms with Gasteiger partial charge < -0.3 is 10.2 Å². The number of benzene rings is 1. The van der Waals surface area contributed by atoms with Crippen molar-refractivity contribution >= 4 is 11.7 Å². The van der Waals surface area contributed by atoms with Gasteiger partial charge in [-0.2, -0.15) is 0 Å². The van der Waals surface area contributed by atoms with Gasteiger partial charge in [0.15, 0.2) is 5.82 Å². The van der Waals surface area contributed by atoms with E-state index in [9.17, 15) is 4.79 Å². The molecule has 0 saturated carbocycles. The third-order valence-electron chi connectivity index (χ3n) is 4.74. The number of rotatable bonds is 6. The van der Waals surface area contributed by atoms with E-state index in [1.54, 1.807) is 17.2 Å². The molecule has 0 radical (unpaired) electrons. The quantitative estimate of drug-likeness (QED) is 0.713. The fraction of sp³-hybridized carbons (Fsp3) is 0.273.